The van der Waals surface area contributed by atoms with Gasteiger partial charge in [0.25, 0.3) is 0 Å². The van der Waals surface area contributed by atoms with E-state index in [1.54, 1.807) is 0 Å². The molecule has 144 valence electrons. The normalized spacial score (nSPS) is 21.8. The molecule has 0 bridgehead atoms. The highest BCUT2D eigenvalue weighted by atomic mass is 17.0. The lowest BCUT2D eigenvalue weighted by Gasteiger charge is -2.53. The summed E-state index contributed by atoms with van der Waals surface area (Å²) in [6, 6.07) is 0. The van der Waals surface area contributed by atoms with Gasteiger partial charge in [-0.3, -0.25) is 4.74 Å². The molecule has 0 aromatic carbocycles. The molecule has 0 amide bonds. The smallest absolute Gasteiger partial charge is 0.326 e. The van der Waals surface area contributed by atoms with E-state index in [0.29, 0.717) is 26.4 Å². The molecule has 24 heavy (non-hydrogen) atoms. The average Bonchev–Trinajstić information content (AvgIpc) is 2.53. The largest absolute Gasteiger partial charge is 0.374 e. The Bertz CT molecular complexity index is 331. The van der Waals surface area contributed by atoms with E-state index in [2.05, 4.69) is 0 Å². The quantitative estimate of drug-likeness (QED) is 0.495. The molecule has 8 heteroatoms. The van der Waals surface area contributed by atoms with Crippen LogP contribution in [0.25, 0.3) is 0 Å². The maximum Gasteiger partial charge on any atom is 0.374 e. The van der Waals surface area contributed by atoms with Crippen molar-refractivity contribution in [1.82, 2.24) is 0 Å². The molecule has 1 saturated heterocycles. The van der Waals surface area contributed by atoms with Crippen molar-refractivity contribution in [2.45, 2.75) is 59.5 Å². The molecule has 0 aromatic heterocycles. The molecule has 0 unspecified atom stereocenters. The second kappa shape index (κ2) is 9.98. The fourth-order valence-electron chi connectivity index (χ4n) is 2.53. The minimum Gasteiger partial charge on any atom is -0.326 e. The fraction of sp³-hybridized carbons (Fsp3) is 1.00. The molecule has 1 heterocycles. The second-order valence-electron chi connectivity index (χ2n) is 4.78. The molecule has 1 fully saturated rings. The summed E-state index contributed by atoms with van der Waals surface area (Å²) in [7, 11) is 0. The first-order valence-corrected chi connectivity index (χ1v) is 8.70. The summed E-state index contributed by atoms with van der Waals surface area (Å²) in [6.45, 7) is 12.7. The van der Waals surface area contributed by atoms with Gasteiger partial charge in [0.15, 0.2) is 0 Å². The Morgan fingerprint density at radius 2 is 0.958 bits per heavy atom. The molecule has 1 aliphatic heterocycles. The van der Waals surface area contributed by atoms with Crippen LogP contribution in [0.15, 0.2) is 0 Å². The summed E-state index contributed by atoms with van der Waals surface area (Å²) in [5.74, 6) is -4.93. The Morgan fingerprint density at radius 3 is 1.33 bits per heavy atom. The molecule has 0 radical (unpaired) electrons. The van der Waals surface area contributed by atoms with Crippen LogP contribution in [0.1, 0.15) is 41.5 Å². The van der Waals surface area contributed by atoms with Crippen LogP contribution >= 0.6 is 0 Å². The Kier molecular flexibility index (Phi) is 9.03. The molecule has 8 nitrogen and oxygen atoms in total. The summed E-state index contributed by atoms with van der Waals surface area (Å²) in [5.41, 5.74) is 0. The lowest BCUT2D eigenvalue weighted by atomic mass is 10.3. The molecule has 0 N–H and O–H groups in total. The third-order valence-corrected chi connectivity index (χ3v) is 3.17. The van der Waals surface area contributed by atoms with Gasteiger partial charge in [-0.2, -0.15) is 0 Å². The van der Waals surface area contributed by atoms with E-state index in [1.807, 2.05) is 41.5 Å². The summed E-state index contributed by atoms with van der Waals surface area (Å²) in [4.78, 5) is 0. The molecule has 0 aromatic rings. The number of rotatable bonds is 12. The molecule has 1 aliphatic rings. The zero-order valence-corrected chi connectivity index (χ0v) is 15.7. The second-order valence-corrected chi connectivity index (χ2v) is 4.78. The molecule has 0 saturated carbocycles. The van der Waals surface area contributed by atoms with Crippen LogP contribution in [0.3, 0.4) is 0 Å². The van der Waals surface area contributed by atoms with Crippen molar-refractivity contribution in [1.29, 1.82) is 0 Å². The average molecular weight is 352 g/mol. The zero-order chi connectivity index (χ0) is 18.1. The highest BCUT2D eigenvalue weighted by molar-refractivity contribution is 4.82. The maximum atomic E-state index is 6.08. The summed E-state index contributed by atoms with van der Waals surface area (Å²) in [6.07, 6.45) is 0. The monoisotopic (exact) mass is 352 g/mol. The number of hydrogen-bond donors (Lipinski definition) is 0. The van der Waals surface area contributed by atoms with E-state index >= 15 is 0 Å². The van der Waals surface area contributed by atoms with Crippen molar-refractivity contribution in [3.05, 3.63) is 0 Å². The van der Waals surface area contributed by atoms with Crippen LogP contribution in [0.5, 0.6) is 0 Å². The maximum absolute atomic E-state index is 6.08. The van der Waals surface area contributed by atoms with Crippen LogP contribution in [0, 0.1) is 0 Å². The Labute approximate surface area is 144 Å². The summed E-state index contributed by atoms with van der Waals surface area (Å²) >= 11 is 0. The van der Waals surface area contributed by atoms with Gasteiger partial charge in [-0.15, -0.1) is 0 Å². The van der Waals surface area contributed by atoms with Gasteiger partial charge in [0.2, 0.25) is 0 Å². The van der Waals surface area contributed by atoms with Gasteiger partial charge in [-0.25, -0.2) is 0 Å². The summed E-state index contributed by atoms with van der Waals surface area (Å²) < 4.78 is 46.4. The van der Waals surface area contributed by atoms with Crippen molar-refractivity contribution >= 4 is 0 Å². The Morgan fingerprint density at radius 1 is 0.583 bits per heavy atom. The molecule has 0 aliphatic carbocycles. The predicted molar refractivity (Wildman–Crippen MR) is 85.0 cm³/mol. The predicted octanol–water partition coefficient (Wildman–Crippen LogP) is 2.21. The van der Waals surface area contributed by atoms with E-state index in [4.69, 9.17) is 37.9 Å². The van der Waals surface area contributed by atoms with Gasteiger partial charge in [0.1, 0.15) is 6.61 Å². The van der Waals surface area contributed by atoms with Crippen molar-refractivity contribution in [3.63, 3.8) is 0 Å². The molecular weight excluding hydrogens is 320 g/mol. The van der Waals surface area contributed by atoms with Gasteiger partial charge in [0, 0.05) is 39.6 Å². The fourth-order valence-corrected chi connectivity index (χ4v) is 2.53. The molecule has 0 atom stereocenters. The summed E-state index contributed by atoms with van der Waals surface area (Å²) in [5, 5.41) is 0. The van der Waals surface area contributed by atoms with Gasteiger partial charge < -0.3 is 33.2 Å². The Hall–Kier alpha value is -0.320. The lowest BCUT2D eigenvalue weighted by Crippen LogP contribution is -2.72. The van der Waals surface area contributed by atoms with E-state index in [1.165, 1.54) is 0 Å². The third-order valence-electron chi connectivity index (χ3n) is 3.17. The minimum absolute atomic E-state index is 0.0589. The van der Waals surface area contributed by atoms with E-state index in [9.17, 15) is 0 Å². The van der Waals surface area contributed by atoms with Gasteiger partial charge in [-0.05, 0) is 41.5 Å². The van der Waals surface area contributed by atoms with Crippen molar-refractivity contribution in [3.8, 4) is 0 Å². The molecule has 0 spiro atoms. The van der Waals surface area contributed by atoms with Gasteiger partial charge in [-0.1, -0.05) is 0 Å². The first-order chi connectivity index (χ1) is 11.5. The minimum atomic E-state index is -1.79. The van der Waals surface area contributed by atoms with Gasteiger partial charge in [0.05, 0.1) is 0 Å². The highest BCUT2D eigenvalue weighted by Crippen LogP contribution is 2.44. The van der Waals surface area contributed by atoms with Crippen LogP contribution in [0.2, 0.25) is 0 Å². The van der Waals surface area contributed by atoms with Crippen LogP contribution in [0.4, 0.5) is 0 Å². The van der Waals surface area contributed by atoms with Crippen LogP contribution in [-0.2, 0) is 37.9 Å². The standard InChI is InChI=1S/C16H32O8/c1-7-17-14(18-8-2)13-23-15(19-9-3,20-10-4)16(24-14,21-11-5)22-12-6/h7-13H2,1-6H3. The number of ether oxygens (including phenoxy) is 8. The lowest BCUT2D eigenvalue weighted by molar-refractivity contribution is -0.640. The highest BCUT2D eigenvalue weighted by Gasteiger charge is 2.68. The number of hydrogen-bond acceptors (Lipinski definition) is 8. The first-order valence-electron chi connectivity index (χ1n) is 8.70. The van der Waals surface area contributed by atoms with Crippen molar-refractivity contribution < 1.29 is 37.9 Å². The molecule has 1 rings (SSSR count). The van der Waals surface area contributed by atoms with Crippen LogP contribution in [-0.4, -0.2) is 64.2 Å². The zero-order valence-electron chi connectivity index (χ0n) is 15.7. The SMILES string of the molecule is CCOC1(OCC)COC(OCC)(OCC)C(OCC)(OCC)O1. The van der Waals surface area contributed by atoms with E-state index in [0.717, 1.165) is 0 Å². The van der Waals surface area contributed by atoms with E-state index < -0.39 is 17.9 Å². The topological polar surface area (TPSA) is 73.8 Å². The van der Waals surface area contributed by atoms with Crippen molar-refractivity contribution in [2.75, 3.05) is 46.2 Å². The van der Waals surface area contributed by atoms with Crippen molar-refractivity contribution in [2.24, 2.45) is 0 Å². The van der Waals surface area contributed by atoms with Gasteiger partial charge >= 0.3 is 17.9 Å². The van der Waals surface area contributed by atoms with E-state index in [-0.39, 0.29) is 19.8 Å². The third kappa shape index (κ3) is 4.44. The van der Waals surface area contributed by atoms with Crippen LogP contribution < -0.4 is 0 Å². The first kappa shape index (κ1) is 21.7. The molecular formula is C16H32O8. The Balaban J connectivity index is 3.30.